The number of hydrogen-bond acceptors (Lipinski definition) is 2. The number of benzene rings is 1. The van der Waals surface area contributed by atoms with Crippen LogP contribution >= 0.6 is 15.9 Å². The van der Waals surface area contributed by atoms with E-state index in [0.717, 1.165) is 17.3 Å². The average Bonchev–Trinajstić information content (AvgIpc) is 2.53. The highest BCUT2D eigenvalue weighted by Crippen LogP contribution is 2.37. The highest BCUT2D eigenvalue weighted by atomic mass is 79.9. The van der Waals surface area contributed by atoms with Gasteiger partial charge in [0.1, 0.15) is 0 Å². The van der Waals surface area contributed by atoms with E-state index in [-0.39, 0.29) is 6.10 Å². The van der Waals surface area contributed by atoms with Gasteiger partial charge in [0.2, 0.25) is 0 Å². The fourth-order valence-electron chi connectivity index (χ4n) is 2.81. The van der Waals surface area contributed by atoms with Crippen molar-refractivity contribution >= 4 is 21.6 Å². The highest BCUT2D eigenvalue weighted by Gasteiger charge is 2.31. The van der Waals surface area contributed by atoms with Crippen molar-refractivity contribution in [2.75, 3.05) is 4.90 Å². The monoisotopic (exact) mass is 297 g/mol. The van der Waals surface area contributed by atoms with Gasteiger partial charge in [-0.05, 0) is 57.4 Å². The van der Waals surface area contributed by atoms with Gasteiger partial charge in [0.15, 0.2) is 0 Å². The minimum absolute atomic E-state index is 0.237. The Hall–Kier alpha value is -0.540. The Morgan fingerprint density at radius 3 is 2.71 bits per heavy atom. The van der Waals surface area contributed by atoms with Crippen LogP contribution in [0.5, 0.6) is 0 Å². The molecule has 0 spiro atoms. The lowest BCUT2D eigenvalue weighted by atomic mass is 10.0. The zero-order valence-corrected chi connectivity index (χ0v) is 12.2. The summed E-state index contributed by atoms with van der Waals surface area (Å²) in [6, 6.07) is 7.38. The minimum Gasteiger partial charge on any atom is -0.393 e. The van der Waals surface area contributed by atoms with Gasteiger partial charge < -0.3 is 10.0 Å². The number of aliphatic hydroxyl groups is 1. The molecule has 0 aliphatic carbocycles. The SMILES string of the molecule is CC(O)CC1Cc2cc(Br)ccc2N1C(C)C. The third-order valence-corrected chi connectivity index (χ3v) is 3.83. The molecule has 3 heteroatoms. The van der Waals surface area contributed by atoms with E-state index in [0.29, 0.717) is 12.1 Å². The molecular formula is C14H20BrNO. The van der Waals surface area contributed by atoms with E-state index in [1.54, 1.807) is 0 Å². The Morgan fingerprint density at radius 2 is 2.12 bits per heavy atom. The summed E-state index contributed by atoms with van der Waals surface area (Å²) in [5.41, 5.74) is 2.72. The maximum absolute atomic E-state index is 9.61. The van der Waals surface area contributed by atoms with Crippen molar-refractivity contribution < 1.29 is 5.11 Å². The van der Waals surface area contributed by atoms with Crippen LogP contribution in [0.1, 0.15) is 32.8 Å². The lowest BCUT2D eigenvalue weighted by Crippen LogP contribution is -2.39. The van der Waals surface area contributed by atoms with Gasteiger partial charge in [-0.25, -0.2) is 0 Å². The molecule has 0 radical (unpaired) electrons. The second-order valence-electron chi connectivity index (χ2n) is 5.22. The van der Waals surface area contributed by atoms with E-state index in [4.69, 9.17) is 0 Å². The Balaban J connectivity index is 2.30. The lowest BCUT2D eigenvalue weighted by Gasteiger charge is -2.32. The van der Waals surface area contributed by atoms with Crippen LogP contribution in [0, 0.1) is 0 Å². The number of aliphatic hydroxyl groups excluding tert-OH is 1. The molecule has 1 aromatic rings. The van der Waals surface area contributed by atoms with E-state index in [1.807, 2.05) is 6.92 Å². The van der Waals surface area contributed by atoms with E-state index < -0.39 is 0 Å². The lowest BCUT2D eigenvalue weighted by molar-refractivity contribution is 0.173. The summed E-state index contributed by atoms with van der Waals surface area (Å²) in [5.74, 6) is 0. The number of nitrogens with zero attached hydrogens (tertiary/aromatic N) is 1. The molecule has 0 amide bonds. The first kappa shape index (κ1) is 12.9. The van der Waals surface area contributed by atoms with Gasteiger partial charge >= 0.3 is 0 Å². The zero-order chi connectivity index (χ0) is 12.6. The van der Waals surface area contributed by atoms with E-state index in [2.05, 4.69) is 52.9 Å². The largest absolute Gasteiger partial charge is 0.393 e. The second kappa shape index (κ2) is 4.99. The highest BCUT2D eigenvalue weighted by molar-refractivity contribution is 9.10. The molecule has 0 aromatic heterocycles. The Morgan fingerprint density at radius 1 is 1.41 bits per heavy atom. The first-order valence-electron chi connectivity index (χ1n) is 6.24. The summed E-state index contributed by atoms with van der Waals surface area (Å²) in [6.45, 7) is 6.30. The molecule has 2 rings (SSSR count). The van der Waals surface area contributed by atoms with Crippen LogP contribution in [0.3, 0.4) is 0 Å². The fourth-order valence-corrected chi connectivity index (χ4v) is 3.22. The number of hydrogen-bond donors (Lipinski definition) is 1. The fraction of sp³-hybridized carbons (Fsp3) is 0.571. The van der Waals surface area contributed by atoms with Crippen molar-refractivity contribution in [2.45, 2.75) is 51.8 Å². The Kier molecular flexibility index (Phi) is 3.79. The van der Waals surface area contributed by atoms with Gasteiger partial charge in [-0.3, -0.25) is 0 Å². The number of anilines is 1. The van der Waals surface area contributed by atoms with Crippen LogP contribution in [0.15, 0.2) is 22.7 Å². The minimum atomic E-state index is -0.237. The smallest absolute Gasteiger partial charge is 0.0531 e. The third kappa shape index (κ3) is 2.66. The summed E-state index contributed by atoms with van der Waals surface area (Å²) >= 11 is 3.52. The average molecular weight is 298 g/mol. The number of fused-ring (bicyclic) bond motifs is 1. The van der Waals surface area contributed by atoms with Crippen LogP contribution in [0.25, 0.3) is 0 Å². The van der Waals surface area contributed by atoms with Crippen LogP contribution in [0.2, 0.25) is 0 Å². The summed E-state index contributed by atoms with van der Waals surface area (Å²) in [6.07, 6.45) is 1.64. The van der Waals surface area contributed by atoms with Crippen molar-refractivity contribution in [2.24, 2.45) is 0 Å². The van der Waals surface area contributed by atoms with Crippen molar-refractivity contribution in [3.05, 3.63) is 28.2 Å². The van der Waals surface area contributed by atoms with Gasteiger partial charge in [-0.1, -0.05) is 15.9 Å². The predicted molar refractivity (Wildman–Crippen MR) is 75.5 cm³/mol. The van der Waals surface area contributed by atoms with Crippen LogP contribution in [-0.4, -0.2) is 23.3 Å². The van der Waals surface area contributed by atoms with Gasteiger partial charge in [0, 0.05) is 22.2 Å². The molecule has 17 heavy (non-hydrogen) atoms. The third-order valence-electron chi connectivity index (χ3n) is 3.34. The first-order valence-corrected chi connectivity index (χ1v) is 7.03. The number of halogens is 1. The molecule has 1 N–H and O–H groups in total. The molecule has 0 saturated heterocycles. The Bertz CT molecular complexity index is 403. The standard InChI is InChI=1S/C14H20BrNO/c1-9(2)16-13(6-10(3)17)8-11-7-12(15)4-5-14(11)16/h4-5,7,9-10,13,17H,6,8H2,1-3H3. The van der Waals surface area contributed by atoms with Crippen LogP contribution < -0.4 is 4.90 Å². The molecule has 2 nitrogen and oxygen atoms in total. The molecule has 2 unspecified atom stereocenters. The summed E-state index contributed by atoms with van der Waals surface area (Å²) in [4.78, 5) is 2.44. The molecule has 0 fully saturated rings. The maximum atomic E-state index is 9.61. The molecule has 0 saturated carbocycles. The van der Waals surface area contributed by atoms with E-state index in [1.165, 1.54) is 11.3 Å². The quantitative estimate of drug-likeness (QED) is 0.925. The molecule has 1 heterocycles. The molecule has 1 aliphatic heterocycles. The van der Waals surface area contributed by atoms with Crippen molar-refractivity contribution in [1.82, 2.24) is 0 Å². The van der Waals surface area contributed by atoms with Crippen molar-refractivity contribution in [3.8, 4) is 0 Å². The molecule has 94 valence electrons. The van der Waals surface area contributed by atoms with Gasteiger partial charge in [-0.15, -0.1) is 0 Å². The topological polar surface area (TPSA) is 23.5 Å². The summed E-state index contributed by atoms with van der Waals surface area (Å²) < 4.78 is 1.14. The molecule has 0 bridgehead atoms. The molecule has 2 atom stereocenters. The summed E-state index contributed by atoms with van der Waals surface area (Å²) in [5, 5.41) is 9.61. The second-order valence-corrected chi connectivity index (χ2v) is 6.13. The normalized spacial score (nSPS) is 20.8. The van der Waals surface area contributed by atoms with Crippen LogP contribution in [0.4, 0.5) is 5.69 Å². The van der Waals surface area contributed by atoms with Gasteiger partial charge in [0.25, 0.3) is 0 Å². The van der Waals surface area contributed by atoms with Crippen molar-refractivity contribution in [3.63, 3.8) is 0 Å². The van der Waals surface area contributed by atoms with Crippen LogP contribution in [-0.2, 0) is 6.42 Å². The molecule has 1 aliphatic rings. The first-order chi connectivity index (χ1) is 7.99. The van der Waals surface area contributed by atoms with E-state index >= 15 is 0 Å². The van der Waals surface area contributed by atoms with Gasteiger partial charge in [0.05, 0.1) is 6.10 Å². The zero-order valence-electron chi connectivity index (χ0n) is 10.7. The van der Waals surface area contributed by atoms with Gasteiger partial charge in [-0.2, -0.15) is 0 Å². The summed E-state index contributed by atoms with van der Waals surface area (Å²) in [7, 11) is 0. The predicted octanol–water partition coefficient (Wildman–Crippen LogP) is 3.36. The Labute approximate surface area is 112 Å². The maximum Gasteiger partial charge on any atom is 0.0531 e. The molecule has 1 aromatic carbocycles. The van der Waals surface area contributed by atoms with Crippen molar-refractivity contribution in [1.29, 1.82) is 0 Å². The van der Waals surface area contributed by atoms with E-state index in [9.17, 15) is 5.11 Å². The number of rotatable bonds is 3. The molecular weight excluding hydrogens is 278 g/mol.